The molecule has 0 bridgehead atoms. The van der Waals surface area contributed by atoms with E-state index in [-0.39, 0.29) is 10.7 Å². The van der Waals surface area contributed by atoms with Gasteiger partial charge in [-0.15, -0.1) is 0 Å². The minimum Gasteiger partial charge on any atom is -0.395 e. The summed E-state index contributed by atoms with van der Waals surface area (Å²) in [4.78, 5) is 6.14. The highest BCUT2D eigenvalue weighted by atomic mass is 35.5. The molecular weight excluding hydrogens is 275 g/mol. The lowest BCUT2D eigenvalue weighted by Gasteiger charge is -2.12. The molecule has 0 unspecified atom stereocenters. The van der Waals surface area contributed by atoms with E-state index >= 15 is 0 Å². The van der Waals surface area contributed by atoms with Crippen molar-refractivity contribution in [1.82, 2.24) is 4.98 Å². The molecule has 4 nitrogen and oxygen atoms in total. The molecule has 0 aliphatic rings. The number of aromatic nitrogens is 1. The van der Waals surface area contributed by atoms with Crippen molar-refractivity contribution in [2.75, 3.05) is 24.2 Å². The quantitative estimate of drug-likeness (QED) is 0.880. The number of benzene rings is 1. The van der Waals surface area contributed by atoms with Crippen LogP contribution in [0.25, 0.3) is 10.2 Å². The number of hydrogen-bond acceptors (Lipinski definition) is 5. The minimum atomic E-state index is -0.539. The molecule has 2 aromatic rings. The van der Waals surface area contributed by atoms with Gasteiger partial charge in [0.1, 0.15) is 11.3 Å². The zero-order valence-electron chi connectivity index (χ0n) is 9.57. The smallest absolute Gasteiger partial charge is 0.186 e. The summed E-state index contributed by atoms with van der Waals surface area (Å²) in [6.07, 6.45) is 0.393. The number of rotatable bonds is 3. The van der Waals surface area contributed by atoms with Crippen LogP contribution in [0.3, 0.4) is 0 Å². The molecule has 18 heavy (non-hydrogen) atoms. The van der Waals surface area contributed by atoms with Gasteiger partial charge in [-0.25, -0.2) is 9.37 Å². The van der Waals surface area contributed by atoms with E-state index in [4.69, 9.17) is 22.6 Å². The molecule has 1 aromatic heterocycles. The Balaban J connectivity index is 2.47. The standard InChI is InChI=1S/C11H10ClFN4S/c1-17(4-2-3-14)11-16-9-6(12)5-7(13)8(15)10(9)18-11/h5H,2,4,15H2,1H3. The van der Waals surface area contributed by atoms with Gasteiger partial charge in [-0.2, -0.15) is 5.26 Å². The number of hydrogen-bond donors (Lipinski definition) is 1. The number of thiazole rings is 1. The van der Waals surface area contributed by atoms with E-state index in [9.17, 15) is 4.39 Å². The van der Waals surface area contributed by atoms with Gasteiger partial charge in [0, 0.05) is 13.6 Å². The Bertz CT molecular complexity index is 634. The summed E-state index contributed by atoms with van der Waals surface area (Å²) in [5, 5.41) is 9.45. The van der Waals surface area contributed by atoms with Gasteiger partial charge in [-0.05, 0) is 6.07 Å². The third kappa shape index (κ3) is 2.19. The van der Waals surface area contributed by atoms with Crippen molar-refractivity contribution >= 4 is 44.0 Å². The zero-order valence-corrected chi connectivity index (χ0v) is 11.1. The Morgan fingerprint density at radius 3 is 3.06 bits per heavy atom. The molecule has 0 radical (unpaired) electrons. The molecule has 94 valence electrons. The van der Waals surface area contributed by atoms with Crippen LogP contribution >= 0.6 is 22.9 Å². The van der Waals surface area contributed by atoms with Crippen molar-refractivity contribution in [1.29, 1.82) is 5.26 Å². The Labute approximate surface area is 112 Å². The first-order chi connectivity index (χ1) is 8.54. The summed E-state index contributed by atoms with van der Waals surface area (Å²) in [6, 6.07) is 3.22. The van der Waals surface area contributed by atoms with Crippen LogP contribution in [0.1, 0.15) is 6.42 Å². The first kappa shape index (κ1) is 12.9. The number of nitrogen functional groups attached to an aromatic ring is 1. The third-order valence-corrected chi connectivity index (χ3v) is 3.97. The second kappa shape index (κ2) is 4.96. The van der Waals surface area contributed by atoms with E-state index in [1.165, 1.54) is 11.3 Å². The number of nitrogens with two attached hydrogens (primary N) is 1. The number of anilines is 2. The van der Waals surface area contributed by atoms with Crippen LogP contribution in [0.2, 0.25) is 5.02 Å². The normalized spacial score (nSPS) is 10.6. The van der Waals surface area contributed by atoms with Gasteiger partial charge in [-0.1, -0.05) is 22.9 Å². The summed E-state index contributed by atoms with van der Waals surface area (Å²) < 4.78 is 14.0. The van der Waals surface area contributed by atoms with Crippen LogP contribution in [0, 0.1) is 17.1 Å². The molecule has 0 fully saturated rings. The second-order valence-electron chi connectivity index (χ2n) is 3.76. The average Bonchev–Trinajstić information content (AvgIpc) is 2.79. The molecule has 0 spiro atoms. The lowest BCUT2D eigenvalue weighted by atomic mass is 10.3. The molecule has 2 N–H and O–H groups in total. The first-order valence-corrected chi connectivity index (χ1v) is 6.36. The van der Waals surface area contributed by atoms with Gasteiger partial charge in [0.25, 0.3) is 0 Å². The summed E-state index contributed by atoms with van der Waals surface area (Å²) in [5.41, 5.74) is 6.23. The second-order valence-corrected chi connectivity index (χ2v) is 5.14. The number of halogens is 2. The van der Waals surface area contributed by atoms with E-state index in [0.717, 1.165) is 6.07 Å². The topological polar surface area (TPSA) is 65.9 Å². The van der Waals surface area contributed by atoms with E-state index in [0.29, 0.717) is 28.3 Å². The maximum Gasteiger partial charge on any atom is 0.186 e. The van der Waals surface area contributed by atoms with Crippen molar-refractivity contribution in [3.8, 4) is 6.07 Å². The molecule has 2 rings (SSSR count). The number of nitriles is 1. The van der Waals surface area contributed by atoms with E-state index in [1.807, 2.05) is 11.9 Å². The van der Waals surface area contributed by atoms with Crippen LogP contribution in [0.4, 0.5) is 15.2 Å². The van der Waals surface area contributed by atoms with Gasteiger partial charge >= 0.3 is 0 Å². The van der Waals surface area contributed by atoms with Crippen LogP contribution in [-0.4, -0.2) is 18.6 Å². The third-order valence-electron chi connectivity index (χ3n) is 2.48. The van der Waals surface area contributed by atoms with Gasteiger partial charge in [-0.3, -0.25) is 0 Å². The van der Waals surface area contributed by atoms with Gasteiger partial charge in [0.15, 0.2) is 5.13 Å². The average molecular weight is 285 g/mol. The largest absolute Gasteiger partial charge is 0.395 e. The highest BCUT2D eigenvalue weighted by Gasteiger charge is 2.16. The molecular formula is C11H10ClFN4S. The van der Waals surface area contributed by atoms with Crippen LogP contribution < -0.4 is 10.6 Å². The predicted octanol–water partition coefficient (Wildman–Crippen LogP) is 3.02. The fraction of sp³-hybridized carbons (Fsp3) is 0.273. The molecule has 1 heterocycles. The highest BCUT2D eigenvalue weighted by molar-refractivity contribution is 7.22. The molecule has 0 aliphatic heterocycles. The van der Waals surface area contributed by atoms with E-state index < -0.39 is 5.82 Å². The summed E-state index contributed by atoms with van der Waals surface area (Å²) in [6.45, 7) is 0.552. The molecule has 0 atom stereocenters. The Morgan fingerprint density at radius 1 is 1.67 bits per heavy atom. The molecule has 0 saturated heterocycles. The number of fused-ring (bicyclic) bond motifs is 1. The maximum atomic E-state index is 13.4. The molecule has 0 saturated carbocycles. The summed E-state index contributed by atoms with van der Waals surface area (Å²) >= 11 is 7.20. The Hall–Kier alpha value is -1.58. The SMILES string of the molecule is CN(CCC#N)c1nc2c(Cl)cc(F)c(N)c2s1. The molecule has 1 aromatic carbocycles. The fourth-order valence-corrected chi connectivity index (χ4v) is 2.81. The number of nitrogens with zero attached hydrogens (tertiary/aromatic N) is 3. The predicted molar refractivity (Wildman–Crippen MR) is 72.5 cm³/mol. The van der Waals surface area contributed by atoms with Gasteiger partial charge in [0.2, 0.25) is 0 Å². The molecule has 7 heteroatoms. The Morgan fingerprint density at radius 2 is 2.39 bits per heavy atom. The maximum absolute atomic E-state index is 13.4. The van der Waals surface area contributed by atoms with E-state index in [1.54, 1.807) is 0 Å². The van der Waals surface area contributed by atoms with Crippen molar-refractivity contribution in [3.05, 3.63) is 16.9 Å². The highest BCUT2D eigenvalue weighted by Crippen LogP contribution is 2.37. The Kier molecular flexibility index (Phi) is 3.55. The van der Waals surface area contributed by atoms with Crippen molar-refractivity contribution in [3.63, 3.8) is 0 Å². The van der Waals surface area contributed by atoms with Crippen molar-refractivity contribution < 1.29 is 4.39 Å². The molecule has 0 aliphatic carbocycles. The van der Waals surface area contributed by atoms with E-state index in [2.05, 4.69) is 11.1 Å². The van der Waals surface area contributed by atoms with Crippen LogP contribution in [0.15, 0.2) is 6.07 Å². The zero-order chi connectivity index (χ0) is 13.3. The molecule has 0 amide bonds. The fourth-order valence-electron chi connectivity index (χ4n) is 1.50. The summed E-state index contributed by atoms with van der Waals surface area (Å²) in [7, 11) is 1.81. The lowest BCUT2D eigenvalue weighted by molar-refractivity contribution is 0.634. The van der Waals surface area contributed by atoms with Crippen molar-refractivity contribution in [2.24, 2.45) is 0 Å². The summed E-state index contributed by atoms with van der Waals surface area (Å²) in [5.74, 6) is -0.539. The van der Waals surface area contributed by atoms with Crippen LogP contribution in [0.5, 0.6) is 0 Å². The monoisotopic (exact) mass is 284 g/mol. The first-order valence-electron chi connectivity index (χ1n) is 5.16. The van der Waals surface area contributed by atoms with Crippen LogP contribution in [-0.2, 0) is 0 Å². The lowest BCUT2D eigenvalue weighted by Crippen LogP contribution is -2.17. The minimum absolute atomic E-state index is 0.0619. The van der Waals surface area contributed by atoms with Gasteiger partial charge in [0.05, 0.1) is 27.9 Å². The van der Waals surface area contributed by atoms with Gasteiger partial charge < -0.3 is 10.6 Å². The van der Waals surface area contributed by atoms with Crippen molar-refractivity contribution in [2.45, 2.75) is 6.42 Å².